The Morgan fingerprint density at radius 3 is 2.35 bits per heavy atom. The average Bonchev–Trinajstić information content (AvgIpc) is 2.25. The molecule has 17 heavy (non-hydrogen) atoms. The van der Waals surface area contributed by atoms with Crippen LogP contribution < -0.4 is 0 Å². The number of Topliss-reactive ketones (excluding diaryl/α,β-unsaturated/α-hetero) is 2. The zero-order valence-electron chi connectivity index (χ0n) is 8.72. The lowest BCUT2D eigenvalue weighted by atomic mass is 9.95. The van der Waals surface area contributed by atoms with Gasteiger partial charge in [0.25, 0.3) is 0 Å². The molecule has 0 aliphatic heterocycles. The number of carbonyl (C=O) groups excluding carboxylic acids is 2. The second kappa shape index (κ2) is 5.00. The van der Waals surface area contributed by atoms with Crippen molar-refractivity contribution in [1.82, 2.24) is 0 Å². The van der Waals surface area contributed by atoms with E-state index < -0.39 is 23.7 Å². The Morgan fingerprint density at radius 2 is 1.88 bits per heavy atom. The molecule has 0 bridgehead atoms. The molecule has 1 aromatic rings. The molecule has 1 aromatic carbocycles. The van der Waals surface area contributed by atoms with E-state index in [1.54, 1.807) is 6.07 Å². The van der Waals surface area contributed by atoms with Crippen molar-refractivity contribution < 1.29 is 22.8 Å². The van der Waals surface area contributed by atoms with E-state index in [1.807, 2.05) is 0 Å². The van der Waals surface area contributed by atoms with Crippen LogP contribution in [0.25, 0.3) is 0 Å². The number of ketones is 2. The molecule has 0 fully saturated rings. The first-order valence-electron chi connectivity index (χ1n) is 4.64. The van der Waals surface area contributed by atoms with E-state index in [2.05, 4.69) is 15.9 Å². The highest BCUT2D eigenvalue weighted by Crippen LogP contribution is 2.24. The van der Waals surface area contributed by atoms with Crippen LogP contribution in [0.15, 0.2) is 28.7 Å². The van der Waals surface area contributed by atoms with Gasteiger partial charge in [0.1, 0.15) is 0 Å². The van der Waals surface area contributed by atoms with E-state index >= 15 is 0 Å². The van der Waals surface area contributed by atoms with E-state index in [-0.39, 0.29) is 5.56 Å². The monoisotopic (exact) mass is 308 g/mol. The van der Waals surface area contributed by atoms with Crippen LogP contribution in [-0.2, 0) is 4.79 Å². The fraction of sp³-hybridized carbons (Fsp3) is 0.273. The molecule has 0 heterocycles. The van der Waals surface area contributed by atoms with Crippen molar-refractivity contribution in [3.8, 4) is 0 Å². The molecule has 6 heteroatoms. The number of alkyl halides is 3. The molecule has 0 N–H and O–H groups in total. The van der Waals surface area contributed by atoms with Crippen LogP contribution in [0.3, 0.4) is 0 Å². The summed E-state index contributed by atoms with van der Waals surface area (Å²) < 4.78 is 37.0. The fourth-order valence-corrected chi connectivity index (χ4v) is 1.66. The molecule has 92 valence electrons. The zero-order chi connectivity index (χ0) is 13.2. The molecule has 2 nitrogen and oxygen atoms in total. The molecule has 0 aliphatic carbocycles. The molecule has 1 atom stereocenters. The molecule has 0 spiro atoms. The maximum absolute atomic E-state index is 12.1. The van der Waals surface area contributed by atoms with Crippen LogP contribution >= 0.6 is 15.9 Å². The lowest BCUT2D eigenvalue weighted by Crippen LogP contribution is -2.33. The van der Waals surface area contributed by atoms with Crippen LogP contribution in [0.2, 0.25) is 0 Å². The Balaban J connectivity index is 2.95. The number of halogens is 4. The molecule has 0 radical (unpaired) electrons. The lowest BCUT2D eigenvalue weighted by Gasteiger charge is -2.11. The second-order valence-electron chi connectivity index (χ2n) is 3.46. The third-order valence-electron chi connectivity index (χ3n) is 2.18. The Kier molecular flexibility index (Phi) is 4.08. The molecule has 0 aromatic heterocycles. The number of rotatable bonds is 3. The lowest BCUT2D eigenvalue weighted by molar-refractivity contribution is -0.173. The number of hydrogen-bond donors (Lipinski definition) is 0. The van der Waals surface area contributed by atoms with E-state index in [4.69, 9.17) is 0 Å². The van der Waals surface area contributed by atoms with Gasteiger partial charge in [-0.25, -0.2) is 0 Å². The average molecular weight is 309 g/mol. The quantitative estimate of drug-likeness (QED) is 0.633. The fourth-order valence-electron chi connectivity index (χ4n) is 1.26. The second-order valence-corrected chi connectivity index (χ2v) is 4.37. The van der Waals surface area contributed by atoms with Gasteiger partial charge in [-0.15, -0.1) is 0 Å². The first-order chi connectivity index (χ1) is 7.73. The van der Waals surface area contributed by atoms with Gasteiger partial charge in [0.15, 0.2) is 5.78 Å². The first-order valence-corrected chi connectivity index (χ1v) is 5.43. The summed E-state index contributed by atoms with van der Waals surface area (Å²) in [6, 6.07) is 5.89. The largest absolute Gasteiger partial charge is 0.450 e. The predicted molar refractivity (Wildman–Crippen MR) is 58.7 cm³/mol. The molecule has 0 amide bonds. The van der Waals surface area contributed by atoms with E-state index in [9.17, 15) is 22.8 Å². The highest BCUT2D eigenvalue weighted by molar-refractivity contribution is 9.10. The predicted octanol–water partition coefficient (Wildman–Crippen LogP) is 3.40. The summed E-state index contributed by atoms with van der Waals surface area (Å²) in [7, 11) is 0. The molecule has 0 aliphatic rings. The van der Waals surface area contributed by atoms with Gasteiger partial charge in [-0.05, 0) is 19.1 Å². The summed E-state index contributed by atoms with van der Waals surface area (Å²) in [4.78, 5) is 22.6. The third kappa shape index (κ3) is 3.39. The topological polar surface area (TPSA) is 34.1 Å². The smallest absolute Gasteiger partial charge is 0.293 e. The van der Waals surface area contributed by atoms with E-state index in [0.29, 0.717) is 4.47 Å². The number of hydrogen-bond acceptors (Lipinski definition) is 2. The van der Waals surface area contributed by atoms with Crippen LogP contribution in [0.5, 0.6) is 0 Å². The Bertz CT molecular complexity index is 454. The van der Waals surface area contributed by atoms with Crippen LogP contribution in [0.4, 0.5) is 13.2 Å². The van der Waals surface area contributed by atoms with Gasteiger partial charge in [0.05, 0.1) is 5.92 Å². The highest BCUT2D eigenvalue weighted by Gasteiger charge is 2.44. The number of benzene rings is 1. The zero-order valence-corrected chi connectivity index (χ0v) is 10.3. The molecule has 1 unspecified atom stereocenters. The van der Waals surface area contributed by atoms with Gasteiger partial charge in [-0.1, -0.05) is 28.1 Å². The highest BCUT2D eigenvalue weighted by atomic mass is 79.9. The standard InChI is InChI=1S/C11H8BrF3O2/c1-6(10(17)11(13,14)15)9(16)7-3-2-4-8(12)5-7/h2-6H,1H3. The Morgan fingerprint density at radius 1 is 1.29 bits per heavy atom. The summed E-state index contributed by atoms with van der Waals surface area (Å²) >= 11 is 3.10. The third-order valence-corrected chi connectivity index (χ3v) is 2.67. The minimum Gasteiger partial charge on any atom is -0.293 e. The van der Waals surface area contributed by atoms with Gasteiger partial charge in [0.2, 0.25) is 5.78 Å². The summed E-state index contributed by atoms with van der Waals surface area (Å²) in [5, 5.41) is 0. The van der Waals surface area contributed by atoms with Crippen LogP contribution in [0, 0.1) is 5.92 Å². The summed E-state index contributed by atoms with van der Waals surface area (Å²) in [6.45, 7) is 0.957. The maximum atomic E-state index is 12.1. The van der Waals surface area contributed by atoms with Gasteiger partial charge in [-0.3, -0.25) is 9.59 Å². The van der Waals surface area contributed by atoms with Crippen molar-refractivity contribution in [2.45, 2.75) is 13.1 Å². The van der Waals surface area contributed by atoms with Crippen molar-refractivity contribution in [3.05, 3.63) is 34.3 Å². The van der Waals surface area contributed by atoms with Crippen molar-refractivity contribution in [3.63, 3.8) is 0 Å². The summed E-state index contributed by atoms with van der Waals surface area (Å²) in [5.41, 5.74) is 0.0736. The molecule has 0 saturated carbocycles. The van der Waals surface area contributed by atoms with Gasteiger partial charge in [0, 0.05) is 10.0 Å². The molecular formula is C11H8BrF3O2. The molecule has 1 rings (SSSR count). The van der Waals surface area contributed by atoms with Crippen LogP contribution in [-0.4, -0.2) is 17.7 Å². The van der Waals surface area contributed by atoms with Gasteiger partial charge < -0.3 is 0 Å². The summed E-state index contributed by atoms with van der Waals surface area (Å²) in [6.07, 6.45) is -4.99. The van der Waals surface area contributed by atoms with Crippen molar-refractivity contribution in [2.24, 2.45) is 5.92 Å². The van der Waals surface area contributed by atoms with E-state index in [0.717, 1.165) is 6.92 Å². The maximum Gasteiger partial charge on any atom is 0.450 e. The van der Waals surface area contributed by atoms with Gasteiger partial charge >= 0.3 is 6.18 Å². The molecule has 0 saturated heterocycles. The number of carbonyl (C=O) groups is 2. The molecular weight excluding hydrogens is 301 g/mol. The minimum atomic E-state index is -4.99. The van der Waals surface area contributed by atoms with Crippen molar-refractivity contribution >= 4 is 27.5 Å². The van der Waals surface area contributed by atoms with Crippen LogP contribution in [0.1, 0.15) is 17.3 Å². The van der Waals surface area contributed by atoms with E-state index in [1.165, 1.54) is 18.2 Å². The van der Waals surface area contributed by atoms with Crippen molar-refractivity contribution in [2.75, 3.05) is 0 Å². The Hall–Kier alpha value is -1.17. The Labute approximate surface area is 104 Å². The van der Waals surface area contributed by atoms with Crippen molar-refractivity contribution in [1.29, 1.82) is 0 Å². The normalized spacial score (nSPS) is 13.2. The minimum absolute atomic E-state index is 0.0736. The summed E-state index contributed by atoms with van der Waals surface area (Å²) in [5.74, 6) is -4.58. The first kappa shape index (κ1) is 13.9. The SMILES string of the molecule is CC(C(=O)c1cccc(Br)c1)C(=O)C(F)(F)F. The van der Waals surface area contributed by atoms with Gasteiger partial charge in [-0.2, -0.15) is 13.2 Å².